The Bertz CT molecular complexity index is 979. The van der Waals surface area contributed by atoms with Gasteiger partial charge in [0.2, 0.25) is 0 Å². The van der Waals surface area contributed by atoms with Crippen molar-refractivity contribution >= 4 is 0 Å². The highest BCUT2D eigenvalue weighted by molar-refractivity contribution is 5.48. The van der Waals surface area contributed by atoms with Crippen LogP contribution in [-0.2, 0) is 23.7 Å². The Labute approximate surface area is 182 Å². The Morgan fingerprint density at radius 2 is 1.57 bits per heavy atom. The molecule has 2 aromatic carbocycles. The van der Waals surface area contributed by atoms with Crippen LogP contribution < -0.4 is 9.47 Å². The van der Waals surface area contributed by atoms with E-state index in [9.17, 15) is 0 Å². The lowest BCUT2D eigenvalue weighted by Crippen LogP contribution is -2.60. The van der Waals surface area contributed by atoms with Gasteiger partial charge in [0.05, 0.1) is 13.7 Å². The molecule has 0 aromatic heterocycles. The highest BCUT2D eigenvalue weighted by atomic mass is 16.5. The van der Waals surface area contributed by atoms with Crippen LogP contribution in [0.5, 0.6) is 11.5 Å². The Hall–Kier alpha value is -1.96. The van der Waals surface area contributed by atoms with Crippen molar-refractivity contribution in [3.8, 4) is 11.5 Å². The molecule has 30 heavy (non-hydrogen) atoms. The van der Waals surface area contributed by atoms with E-state index in [2.05, 4.69) is 64.1 Å². The first-order valence-corrected chi connectivity index (χ1v) is 11.8. The molecule has 0 amide bonds. The fourth-order valence-corrected chi connectivity index (χ4v) is 7.64. The van der Waals surface area contributed by atoms with Gasteiger partial charge in [0.15, 0.2) is 0 Å². The maximum Gasteiger partial charge on any atom is 0.119 e. The number of rotatable bonds is 3. The topological polar surface area (TPSA) is 18.5 Å². The zero-order valence-corrected chi connectivity index (χ0v) is 19.3. The predicted octanol–water partition coefficient (Wildman–Crippen LogP) is 6.62. The monoisotopic (exact) mass is 404 g/mol. The average molecular weight is 405 g/mol. The van der Waals surface area contributed by atoms with Crippen LogP contribution in [0.15, 0.2) is 36.4 Å². The van der Waals surface area contributed by atoms with Crippen molar-refractivity contribution in [3.05, 3.63) is 58.7 Å². The Morgan fingerprint density at radius 1 is 0.867 bits per heavy atom. The van der Waals surface area contributed by atoms with Crippen LogP contribution in [0, 0.1) is 11.3 Å². The van der Waals surface area contributed by atoms with E-state index < -0.39 is 0 Å². The van der Waals surface area contributed by atoms with Gasteiger partial charge in [0, 0.05) is 0 Å². The van der Waals surface area contributed by atoms with Gasteiger partial charge in [-0.2, -0.15) is 0 Å². The molecule has 0 unspecified atom stereocenters. The van der Waals surface area contributed by atoms with Crippen molar-refractivity contribution in [1.29, 1.82) is 0 Å². The van der Waals surface area contributed by atoms with Crippen molar-refractivity contribution in [2.24, 2.45) is 11.3 Å². The van der Waals surface area contributed by atoms with Gasteiger partial charge in [-0.25, -0.2) is 0 Å². The van der Waals surface area contributed by atoms with E-state index in [0.29, 0.717) is 11.3 Å². The van der Waals surface area contributed by atoms with Crippen molar-refractivity contribution in [2.75, 3.05) is 13.7 Å². The van der Waals surface area contributed by atoms with Crippen LogP contribution in [0.3, 0.4) is 0 Å². The number of benzene rings is 2. The summed E-state index contributed by atoms with van der Waals surface area (Å²) in [6, 6.07) is 13.8. The van der Waals surface area contributed by atoms with Crippen molar-refractivity contribution in [1.82, 2.24) is 0 Å². The highest BCUT2D eigenvalue weighted by Crippen LogP contribution is 2.67. The second kappa shape index (κ2) is 6.77. The van der Waals surface area contributed by atoms with E-state index in [-0.39, 0.29) is 10.8 Å². The first-order valence-electron chi connectivity index (χ1n) is 11.8. The maximum atomic E-state index is 5.82. The van der Waals surface area contributed by atoms with Crippen LogP contribution in [0.25, 0.3) is 0 Å². The lowest BCUT2D eigenvalue weighted by Gasteiger charge is -2.65. The molecule has 4 atom stereocenters. The van der Waals surface area contributed by atoms with Crippen molar-refractivity contribution in [3.63, 3.8) is 0 Å². The third-order valence-electron chi connectivity index (χ3n) is 9.47. The quantitative estimate of drug-likeness (QED) is 0.572. The van der Waals surface area contributed by atoms with E-state index in [1.165, 1.54) is 49.7 Å². The zero-order valence-electron chi connectivity index (χ0n) is 19.3. The molecule has 0 saturated heterocycles. The summed E-state index contributed by atoms with van der Waals surface area (Å²) in [4.78, 5) is 0. The van der Waals surface area contributed by atoms with Gasteiger partial charge in [-0.15, -0.1) is 0 Å². The lowest BCUT2D eigenvalue weighted by atomic mass is 9.39. The standard InChI is InChI=1S/C28H36O2/c1-6-30-22-9-11-24-20(18-22)13-14-28(4)25-12-7-19-17-21(29-5)8-10-23(19)26(25,2)15-16-27(24,28)3/h8-11,17-18,25H,6-7,12-16H2,1-5H3/t25-,26+,27-,28-/m1/s1. The third kappa shape index (κ3) is 2.55. The molecule has 2 heteroatoms. The minimum atomic E-state index is 0.236. The maximum absolute atomic E-state index is 5.82. The van der Waals surface area contributed by atoms with Crippen molar-refractivity contribution in [2.45, 2.75) is 77.0 Å². The molecular weight excluding hydrogens is 368 g/mol. The number of methoxy groups -OCH3 is 1. The SMILES string of the molecule is CCOc1ccc2c(c1)CC[C@]1(C)[C@@H]3CCc4cc(OC)ccc4[C@]3(C)CC[C@]21C. The molecule has 2 nitrogen and oxygen atoms in total. The zero-order chi connectivity index (χ0) is 21.1. The summed E-state index contributed by atoms with van der Waals surface area (Å²) in [5.41, 5.74) is 7.01. The summed E-state index contributed by atoms with van der Waals surface area (Å²) >= 11 is 0. The summed E-state index contributed by atoms with van der Waals surface area (Å²) < 4.78 is 11.3. The van der Waals surface area contributed by atoms with E-state index in [1.807, 2.05) is 0 Å². The normalized spacial score (nSPS) is 34.2. The summed E-state index contributed by atoms with van der Waals surface area (Å²) in [7, 11) is 1.78. The van der Waals surface area contributed by atoms with Gasteiger partial charge < -0.3 is 9.47 Å². The second-order valence-corrected chi connectivity index (χ2v) is 10.5. The number of aryl methyl sites for hydroxylation is 2. The predicted molar refractivity (Wildman–Crippen MR) is 123 cm³/mol. The number of fused-ring (bicyclic) bond motifs is 7. The summed E-state index contributed by atoms with van der Waals surface area (Å²) in [5.74, 6) is 2.74. The summed E-state index contributed by atoms with van der Waals surface area (Å²) in [5, 5.41) is 0. The van der Waals surface area contributed by atoms with Crippen LogP contribution in [0.4, 0.5) is 0 Å². The smallest absolute Gasteiger partial charge is 0.119 e. The average Bonchev–Trinajstić information content (AvgIpc) is 2.75. The van der Waals surface area contributed by atoms with Gasteiger partial charge in [-0.05, 0) is 114 Å². The van der Waals surface area contributed by atoms with Gasteiger partial charge >= 0.3 is 0 Å². The van der Waals surface area contributed by atoms with E-state index in [4.69, 9.17) is 9.47 Å². The van der Waals surface area contributed by atoms with Crippen LogP contribution in [0.2, 0.25) is 0 Å². The van der Waals surface area contributed by atoms with E-state index >= 15 is 0 Å². The first kappa shape index (κ1) is 20.0. The molecule has 0 N–H and O–H groups in total. The fourth-order valence-electron chi connectivity index (χ4n) is 7.64. The fraction of sp³-hybridized carbons (Fsp3) is 0.571. The molecule has 0 aliphatic heterocycles. The number of hydrogen-bond acceptors (Lipinski definition) is 2. The van der Waals surface area contributed by atoms with E-state index in [0.717, 1.165) is 18.1 Å². The van der Waals surface area contributed by atoms with Crippen LogP contribution in [0.1, 0.15) is 75.6 Å². The van der Waals surface area contributed by atoms with Crippen LogP contribution >= 0.6 is 0 Å². The largest absolute Gasteiger partial charge is 0.497 e. The molecule has 0 bridgehead atoms. The molecule has 0 spiro atoms. The first-order chi connectivity index (χ1) is 14.4. The number of ether oxygens (including phenoxy) is 2. The molecule has 0 heterocycles. The molecule has 0 radical (unpaired) electrons. The minimum absolute atomic E-state index is 0.236. The van der Waals surface area contributed by atoms with Crippen molar-refractivity contribution < 1.29 is 9.47 Å². The summed E-state index contributed by atoms with van der Waals surface area (Å²) in [6.07, 6.45) is 7.42. The highest BCUT2D eigenvalue weighted by Gasteiger charge is 2.62. The molecule has 2 aromatic rings. The molecule has 5 rings (SSSR count). The molecular formula is C28H36O2. The molecule has 160 valence electrons. The lowest BCUT2D eigenvalue weighted by molar-refractivity contribution is -0.0565. The minimum Gasteiger partial charge on any atom is -0.497 e. The Kier molecular flexibility index (Phi) is 4.51. The molecule has 3 aliphatic carbocycles. The number of hydrogen-bond donors (Lipinski definition) is 0. The third-order valence-corrected chi connectivity index (χ3v) is 9.47. The summed E-state index contributed by atoms with van der Waals surface area (Å²) in [6.45, 7) is 10.5. The van der Waals surface area contributed by atoms with E-state index in [1.54, 1.807) is 18.2 Å². The van der Waals surface area contributed by atoms with Gasteiger partial charge in [-0.1, -0.05) is 32.9 Å². The van der Waals surface area contributed by atoms with Gasteiger partial charge in [0.25, 0.3) is 0 Å². The molecule has 1 saturated carbocycles. The van der Waals surface area contributed by atoms with Gasteiger partial charge in [0.1, 0.15) is 11.5 Å². The van der Waals surface area contributed by atoms with Gasteiger partial charge in [-0.3, -0.25) is 0 Å². The molecule has 3 aliphatic rings. The van der Waals surface area contributed by atoms with Crippen LogP contribution in [-0.4, -0.2) is 13.7 Å². The Balaban J connectivity index is 1.58. The molecule has 1 fully saturated rings. The Morgan fingerprint density at radius 3 is 2.33 bits per heavy atom. The second-order valence-electron chi connectivity index (χ2n) is 10.5.